The summed E-state index contributed by atoms with van der Waals surface area (Å²) in [6.07, 6.45) is 1.62. The van der Waals surface area contributed by atoms with E-state index >= 15 is 0 Å². The molecule has 4 aromatic carbocycles. The summed E-state index contributed by atoms with van der Waals surface area (Å²) in [7, 11) is 0. The van der Waals surface area contributed by atoms with Crippen molar-refractivity contribution in [2.45, 2.75) is 25.8 Å². The number of aromatic nitrogens is 2. The molecule has 0 aliphatic carbocycles. The van der Waals surface area contributed by atoms with Crippen LogP contribution in [0.3, 0.4) is 0 Å². The quantitative estimate of drug-likeness (QED) is 0.211. The minimum absolute atomic E-state index is 0.0617. The lowest BCUT2D eigenvalue weighted by Crippen LogP contribution is -2.28. The number of carbonyl (C=O) groups excluding carboxylic acids is 1. The second-order valence-corrected chi connectivity index (χ2v) is 9.08. The maximum absolute atomic E-state index is 14.3. The number of imidazole rings is 1. The van der Waals surface area contributed by atoms with Gasteiger partial charge in [-0.1, -0.05) is 67.9 Å². The van der Waals surface area contributed by atoms with Crippen LogP contribution in [0.5, 0.6) is 0 Å². The van der Waals surface area contributed by atoms with Crippen LogP contribution in [-0.2, 0) is 0 Å². The Bertz CT molecular complexity index is 1600. The average Bonchev–Trinajstić information content (AvgIpc) is 3.37. The van der Waals surface area contributed by atoms with Gasteiger partial charge >= 0.3 is 5.97 Å². The van der Waals surface area contributed by atoms with E-state index in [0.29, 0.717) is 28.0 Å². The Morgan fingerprint density at radius 1 is 0.921 bits per heavy atom. The molecule has 6 nitrogen and oxygen atoms in total. The smallest absolute Gasteiger partial charge is 0.336 e. The lowest BCUT2D eigenvalue weighted by molar-refractivity contribution is 0.0697. The van der Waals surface area contributed by atoms with Gasteiger partial charge in [0, 0.05) is 11.1 Å². The fraction of sp³-hybridized carbons (Fsp3) is 0.129. The summed E-state index contributed by atoms with van der Waals surface area (Å²) < 4.78 is 14.3. The summed E-state index contributed by atoms with van der Waals surface area (Å²) in [6, 6.07) is 25.6. The normalized spacial score (nSPS) is 11.8. The molecular formula is C31H26FN3O3. The van der Waals surface area contributed by atoms with Gasteiger partial charge in [0.15, 0.2) is 0 Å². The number of carboxylic acids is 1. The van der Waals surface area contributed by atoms with Gasteiger partial charge in [0.2, 0.25) is 0 Å². The summed E-state index contributed by atoms with van der Waals surface area (Å²) in [6.45, 7) is 2.04. The number of hydrogen-bond acceptors (Lipinski definition) is 3. The number of fused-ring (bicyclic) bond motifs is 1. The van der Waals surface area contributed by atoms with Crippen molar-refractivity contribution in [3.63, 3.8) is 0 Å². The molecule has 1 atom stereocenters. The number of carboxylic acid groups (broad SMARTS) is 1. The van der Waals surface area contributed by atoms with Crippen molar-refractivity contribution in [2.24, 2.45) is 0 Å². The number of carbonyl (C=O) groups is 2. The van der Waals surface area contributed by atoms with Crippen LogP contribution in [0.2, 0.25) is 0 Å². The van der Waals surface area contributed by atoms with Crippen molar-refractivity contribution in [1.29, 1.82) is 0 Å². The van der Waals surface area contributed by atoms with Gasteiger partial charge in [-0.3, -0.25) is 4.79 Å². The summed E-state index contributed by atoms with van der Waals surface area (Å²) >= 11 is 0. The molecule has 1 unspecified atom stereocenters. The highest BCUT2D eigenvalue weighted by molar-refractivity contribution is 6.03. The number of amides is 1. The largest absolute Gasteiger partial charge is 0.478 e. The summed E-state index contributed by atoms with van der Waals surface area (Å²) in [5.41, 5.74) is 3.92. The monoisotopic (exact) mass is 507 g/mol. The van der Waals surface area contributed by atoms with Gasteiger partial charge in [-0.15, -0.1) is 0 Å². The van der Waals surface area contributed by atoms with E-state index in [2.05, 4.69) is 15.3 Å². The van der Waals surface area contributed by atoms with Crippen LogP contribution in [0, 0.1) is 5.82 Å². The zero-order valence-electron chi connectivity index (χ0n) is 20.7. The van der Waals surface area contributed by atoms with Gasteiger partial charge in [-0.25, -0.2) is 14.2 Å². The van der Waals surface area contributed by atoms with E-state index in [4.69, 9.17) is 0 Å². The van der Waals surface area contributed by atoms with Gasteiger partial charge in [-0.05, 0) is 59.5 Å². The van der Waals surface area contributed by atoms with Gasteiger partial charge in [0.1, 0.15) is 11.6 Å². The zero-order chi connectivity index (χ0) is 26.6. The SMILES string of the molecule is CCCC(NC(=O)c1ccc(-c2ccc(F)cc2-c2nc3ccccc3[nH]2)c(C(=O)O)c1)c1ccccc1. The van der Waals surface area contributed by atoms with Crippen molar-refractivity contribution >= 4 is 22.9 Å². The maximum atomic E-state index is 14.3. The van der Waals surface area contributed by atoms with Crippen LogP contribution in [-0.4, -0.2) is 27.0 Å². The van der Waals surface area contributed by atoms with Gasteiger partial charge in [0.25, 0.3) is 5.91 Å². The molecule has 3 N–H and O–H groups in total. The van der Waals surface area contributed by atoms with E-state index in [1.807, 2.05) is 61.5 Å². The Morgan fingerprint density at radius 3 is 2.39 bits per heavy atom. The van der Waals surface area contributed by atoms with E-state index in [1.165, 1.54) is 24.3 Å². The molecule has 0 fully saturated rings. The highest BCUT2D eigenvalue weighted by atomic mass is 19.1. The van der Waals surface area contributed by atoms with E-state index < -0.39 is 11.8 Å². The fourth-order valence-corrected chi connectivity index (χ4v) is 4.66. The predicted molar refractivity (Wildman–Crippen MR) is 145 cm³/mol. The van der Waals surface area contributed by atoms with Gasteiger partial charge < -0.3 is 15.4 Å². The molecule has 5 aromatic rings. The number of H-pyrrole nitrogens is 1. The van der Waals surface area contributed by atoms with Crippen LogP contribution in [0.1, 0.15) is 52.1 Å². The second kappa shape index (κ2) is 10.7. The third-order valence-corrected chi connectivity index (χ3v) is 6.51. The van der Waals surface area contributed by atoms with Crippen molar-refractivity contribution in [2.75, 3.05) is 0 Å². The lowest BCUT2D eigenvalue weighted by Gasteiger charge is -2.19. The third kappa shape index (κ3) is 5.04. The predicted octanol–water partition coefficient (Wildman–Crippen LogP) is 7.01. The Kier molecular flexibility index (Phi) is 7.00. The number of hydrogen-bond donors (Lipinski definition) is 3. The molecule has 1 heterocycles. The Morgan fingerprint density at radius 2 is 1.66 bits per heavy atom. The van der Waals surface area contributed by atoms with Crippen molar-refractivity contribution in [1.82, 2.24) is 15.3 Å². The molecule has 0 saturated heterocycles. The molecule has 1 aromatic heterocycles. The number of aromatic amines is 1. The molecule has 0 aliphatic rings. The minimum Gasteiger partial charge on any atom is -0.478 e. The maximum Gasteiger partial charge on any atom is 0.336 e. The first-order chi connectivity index (χ1) is 18.4. The first kappa shape index (κ1) is 24.9. The standard InChI is InChI=1S/C31H26FN3O3/c1-2-8-26(19-9-4-3-5-10-19)35-30(36)20-13-15-23(25(17-20)31(37)38)22-16-14-21(32)18-24(22)29-33-27-11-6-7-12-28(27)34-29/h3-7,9-18,26H,2,8H2,1H3,(H,33,34)(H,35,36)(H,37,38). The highest BCUT2D eigenvalue weighted by Crippen LogP contribution is 2.35. The van der Waals surface area contributed by atoms with Crippen LogP contribution in [0.15, 0.2) is 91.0 Å². The van der Waals surface area contributed by atoms with Crippen molar-refractivity contribution < 1.29 is 19.1 Å². The lowest BCUT2D eigenvalue weighted by atomic mass is 9.93. The molecule has 0 bridgehead atoms. The van der Waals surface area contributed by atoms with Crippen LogP contribution in [0.25, 0.3) is 33.5 Å². The molecule has 0 spiro atoms. The topological polar surface area (TPSA) is 95.1 Å². The number of aromatic carboxylic acids is 1. The molecule has 1 amide bonds. The van der Waals surface area contributed by atoms with Crippen LogP contribution >= 0.6 is 0 Å². The average molecular weight is 508 g/mol. The first-order valence-corrected chi connectivity index (χ1v) is 12.4. The van der Waals surface area contributed by atoms with E-state index in [1.54, 1.807) is 12.1 Å². The summed E-state index contributed by atoms with van der Waals surface area (Å²) in [4.78, 5) is 33.3. The van der Waals surface area contributed by atoms with E-state index in [9.17, 15) is 19.1 Å². The van der Waals surface area contributed by atoms with Crippen molar-refractivity contribution in [3.05, 3.63) is 114 Å². The number of halogens is 1. The van der Waals surface area contributed by atoms with Crippen LogP contribution < -0.4 is 5.32 Å². The third-order valence-electron chi connectivity index (χ3n) is 6.51. The van der Waals surface area contributed by atoms with E-state index in [0.717, 1.165) is 23.9 Å². The minimum atomic E-state index is -1.19. The molecule has 0 radical (unpaired) electrons. The van der Waals surface area contributed by atoms with Crippen LogP contribution in [0.4, 0.5) is 4.39 Å². The molecule has 38 heavy (non-hydrogen) atoms. The molecular weight excluding hydrogens is 481 g/mol. The van der Waals surface area contributed by atoms with Gasteiger partial charge in [-0.2, -0.15) is 0 Å². The van der Waals surface area contributed by atoms with Gasteiger partial charge in [0.05, 0.1) is 22.6 Å². The fourth-order valence-electron chi connectivity index (χ4n) is 4.66. The first-order valence-electron chi connectivity index (χ1n) is 12.4. The molecule has 0 saturated carbocycles. The zero-order valence-corrected chi connectivity index (χ0v) is 20.7. The Labute approximate surface area is 219 Å². The number of nitrogens with zero attached hydrogens (tertiary/aromatic N) is 1. The summed E-state index contributed by atoms with van der Waals surface area (Å²) in [5.74, 6) is -1.61. The molecule has 0 aliphatic heterocycles. The number of benzene rings is 4. The number of rotatable bonds is 8. The highest BCUT2D eigenvalue weighted by Gasteiger charge is 2.21. The Hall–Kier alpha value is -4.78. The number of para-hydroxylation sites is 2. The van der Waals surface area contributed by atoms with Crippen molar-refractivity contribution in [3.8, 4) is 22.5 Å². The Balaban J connectivity index is 1.54. The number of nitrogens with one attached hydrogen (secondary N) is 2. The molecule has 5 rings (SSSR count). The molecule has 7 heteroatoms. The second-order valence-electron chi connectivity index (χ2n) is 9.08. The summed E-state index contributed by atoms with van der Waals surface area (Å²) in [5, 5.41) is 13.1. The van der Waals surface area contributed by atoms with E-state index in [-0.39, 0.29) is 23.1 Å². The molecule has 190 valence electrons.